The molecule has 1 heterocycles. The third-order valence-electron chi connectivity index (χ3n) is 5.84. The van der Waals surface area contributed by atoms with E-state index in [0.717, 1.165) is 20.3 Å². The Morgan fingerprint density at radius 2 is 1.21 bits per heavy atom. The van der Waals surface area contributed by atoms with E-state index in [4.69, 9.17) is 0 Å². The number of rotatable bonds is 5. The van der Waals surface area contributed by atoms with Gasteiger partial charge in [-0.15, -0.1) is 0 Å². The van der Waals surface area contributed by atoms with Crippen LogP contribution in [0.4, 0.5) is 0 Å². The molecule has 33 heavy (non-hydrogen) atoms. The van der Waals surface area contributed by atoms with E-state index in [1.165, 1.54) is 8.61 Å². The maximum Gasteiger partial charge on any atom is 0.244 e. The van der Waals surface area contributed by atoms with Crippen molar-refractivity contribution in [1.29, 1.82) is 0 Å². The van der Waals surface area contributed by atoms with E-state index in [-0.39, 0.29) is 23.0 Å². The van der Waals surface area contributed by atoms with Gasteiger partial charge in [0.25, 0.3) is 0 Å². The number of sulfonamides is 2. The Labute approximate surface area is 209 Å². The predicted octanol–water partition coefficient (Wildman–Crippen LogP) is 4.69. The third-order valence-corrected chi connectivity index (χ3v) is 10.3. The Kier molecular flexibility index (Phi) is 6.97. The summed E-state index contributed by atoms with van der Waals surface area (Å²) in [7, 11) is -7.79. The topological polar surface area (TPSA) is 74.8 Å². The van der Waals surface area contributed by atoms with Gasteiger partial charge in [-0.05, 0) is 84.8 Å². The average molecular weight is 597 g/mol. The molecule has 1 fully saturated rings. The predicted molar refractivity (Wildman–Crippen MR) is 137 cm³/mol. The molecule has 0 amide bonds. The second kappa shape index (κ2) is 9.46. The van der Waals surface area contributed by atoms with Gasteiger partial charge in [-0.3, -0.25) is 0 Å². The number of benzene rings is 3. The summed E-state index contributed by atoms with van der Waals surface area (Å²) in [6.07, 6.45) is 0.358. The summed E-state index contributed by atoms with van der Waals surface area (Å²) in [5.41, 5.74) is 2.75. The van der Waals surface area contributed by atoms with Crippen LogP contribution in [-0.4, -0.2) is 38.7 Å². The van der Waals surface area contributed by atoms with Crippen LogP contribution in [0.1, 0.15) is 29.2 Å². The summed E-state index contributed by atoms with van der Waals surface area (Å²) in [6, 6.07) is 20.5. The van der Waals surface area contributed by atoms with Gasteiger partial charge in [0.05, 0.1) is 22.5 Å². The molecule has 0 aliphatic carbocycles. The van der Waals surface area contributed by atoms with Gasteiger partial charge < -0.3 is 0 Å². The molecule has 1 saturated heterocycles. The van der Waals surface area contributed by atoms with Gasteiger partial charge in [0.15, 0.2) is 0 Å². The zero-order valence-corrected chi connectivity index (χ0v) is 22.1. The first-order valence-corrected chi connectivity index (χ1v) is 14.5. The molecule has 0 spiro atoms. The standard InChI is InChI=1S/C24H25IN2O4S2/c1-18-3-11-22(12-4-18)32(28,29)26-16-15-24(20-7-9-21(25)10-8-20)27(17-26)33(30,31)23-13-5-19(2)6-14-23/h3-14,24H,15-17H2,1-2H3. The summed E-state index contributed by atoms with van der Waals surface area (Å²) in [6.45, 7) is 3.76. The minimum atomic E-state index is -3.94. The minimum Gasteiger partial charge on any atom is -0.207 e. The molecule has 0 aromatic heterocycles. The summed E-state index contributed by atoms with van der Waals surface area (Å²) in [5.74, 6) is 0. The smallest absolute Gasteiger partial charge is 0.207 e. The van der Waals surface area contributed by atoms with E-state index >= 15 is 0 Å². The van der Waals surface area contributed by atoms with E-state index in [1.807, 2.05) is 38.1 Å². The van der Waals surface area contributed by atoms with Gasteiger partial charge in [0.2, 0.25) is 20.0 Å². The van der Waals surface area contributed by atoms with Crippen LogP contribution in [0.2, 0.25) is 0 Å². The molecular formula is C24H25IN2O4S2. The van der Waals surface area contributed by atoms with Crippen LogP contribution in [-0.2, 0) is 20.0 Å². The lowest BCUT2D eigenvalue weighted by Crippen LogP contribution is -2.50. The highest BCUT2D eigenvalue weighted by molar-refractivity contribution is 14.1. The molecule has 3 aromatic carbocycles. The highest BCUT2D eigenvalue weighted by Crippen LogP contribution is 2.36. The van der Waals surface area contributed by atoms with Gasteiger partial charge in [-0.25, -0.2) is 16.8 Å². The molecule has 6 nitrogen and oxygen atoms in total. The molecule has 0 radical (unpaired) electrons. The second-order valence-electron chi connectivity index (χ2n) is 8.20. The van der Waals surface area contributed by atoms with Gasteiger partial charge in [-0.1, -0.05) is 47.5 Å². The first kappa shape index (κ1) is 24.3. The quantitative estimate of drug-likeness (QED) is 0.401. The molecule has 1 atom stereocenters. The van der Waals surface area contributed by atoms with Crippen molar-refractivity contribution in [2.45, 2.75) is 36.1 Å². The van der Waals surface area contributed by atoms with E-state index in [1.54, 1.807) is 48.5 Å². The Morgan fingerprint density at radius 1 is 0.727 bits per heavy atom. The Hall–Kier alpha value is -1.79. The number of aryl methyl sites for hydroxylation is 2. The monoisotopic (exact) mass is 596 g/mol. The largest absolute Gasteiger partial charge is 0.244 e. The number of nitrogens with zero attached hydrogens (tertiary/aromatic N) is 2. The average Bonchev–Trinajstić information content (AvgIpc) is 2.80. The third kappa shape index (κ3) is 5.02. The summed E-state index contributed by atoms with van der Waals surface area (Å²) in [4.78, 5) is 0.312. The van der Waals surface area contributed by atoms with Crippen molar-refractivity contribution in [3.63, 3.8) is 0 Å². The van der Waals surface area contributed by atoms with Gasteiger partial charge >= 0.3 is 0 Å². The van der Waals surface area contributed by atoms with Crippen LogP contribution >= 0.6 is 22.6 Å². The van der Waals surface area contributed by atoms with Crippen LogP contribution < -0.4 is 0 Å². The molecule has 174 valence electrons. The fraction of sp³-hybridized carbons (Fsp3) is 0.250. The Bertz CT molecular complexity index is 1340. The van der Waals surface area contributed by atoms with Crippen LogP contribution in [0, 0.1) is 17.4 Å². The van der Waals surface area contributed by atoms with Crippen molar-refractivity contribution < 1.29 is 16.8 Å². The molecule has 3 aromatic rings. The van der Waals surface area contributed by atoms with Crippen molar-refractivity contribution in [1.82, 2.24) is 8.61 Å². The lowest BCUT2D eigenvalue weighted by atomic mass is 10.0. The molecule has 1 unspecified atom stereocenters. The fourth-order valence-electron chi connectivity index (χ4n) is 3.90. The number of hydrogen-bond acceptors (Lipinski definition) is 4. The van der Waals surface area contributed by atoms with Crippen LogP contribution in [0.5, 0.6) is 0 Å². The van der Waals surface area contributed by atoms with Crippen molar-refractivity contribution in [2.24, 2.45) is 0 Å². The molecule has 0 saturated carbocycles. The summed E-state index contributed by atoms with van der Waals surface area (Å²) < 4.78 is 57.7. The molecule has 1 aliphatic rings. The van der Waals surface area contributed by atoms with Crippen LogP contribution in [0.15, 0.2) is 82.6 Å². The lowest BCUT2D eigenvalue weighted by Gasteiger charge is -2.40. The minimum absolute atomic E-state index is 0.151. The molecular weight excluding hydrogens is 571 g/mol. The fourth-order valence-corrected chi connectivity index (χ4v) is 7.33. The second-order valence-corrected chi connectivity index (χ2v) is 13.3. The van der Waals surface area contributed by atoms with Crippen molar-refractivity contribution in [2.75, 3.05) is 13.2 Å². The number of halogens is 1. The molecule has 1 aliphatic heterocycles. The van der Waals surface area contributed by atoms with E-state index in [2.05, 4.69) is 22.6 Å². The van der Waals surface area contributed by atoms with Crippen LogP contribution in [0.25, 0.3) is 0 Å². The summed E-state index contributed by atoms with van der Waals surface area (Å²) in [5, 5.41) is 0. The number of hydrogen-bond donors (Lipinski definition) is 0. The van der Waals surface area contributed by atoms with Gasteiger partial charge in [-0.2, -0.15) is 8.61 Å². The van der Waals surface area contributed by atoms with Crippen molar-refractivity contribution in [3.05, 3.63) is 93.1 Å². The van der Waals surface area contributed by atoms with Gasteiger partial charge in [0.1, 0.15) is 0 Å². The van der Waals surface area contributed by atoms with Crippen molar-refractivity contribution >= 4 is 42.6 Å². The van der Waals surface area contributed by atoms with Crippen LogP contribution in [0.3, 0.4) is 0 Å². The zero-order chi connectivity index (χ0) is 23.8. The lowest BCUT2D eigenvalue weighted by molar-refractivity contribution is 0.170. The molecule has 4 rings (SSSR count). The maximum absolute atomic E-state index is 13.7. The highest BCUT2D eigenvalue weighted by atomic mass is 127. The van der Waals surface area contributed by atoms with Gasteiger partial charge in [0, 0.05) is 10.1 Å². The molecule has 9 heteroatoms. The van der Waals surface area contributed by atoms with Crippen molar-refractivity contribution in [3.8, 4) is 0 Å². The molecule has 0 N–H and O–H groups in total. The SMILES string of the molecule is Cc1ccc(S(=O)(=O)N2CCC(c3ccc(I)cc3)N(S(=O)(=O)c3ccc(C)cc3)C2)cc1. The highest BCUT2D eigenvalue weighted by Gasteiger charge is 2.41. The van der Waals surface area contributed by atoms with E-state index in [0.29, 0.717) is 6.42 Å². The van der Waals surface area contributed by atoms with E-state index < -0.39 is 26.1 Å². The normalized spacial score (nSPS) is 18.3. The molecule has 0 bridgehead atoms. The summed E-state index contributed by atoms with van der Waals surface area (Å²) >= 11 is 2.20. The Balaban J connectivity index is 1.75. The first-order valence-electron chi connectivity index (χ1n) is 10.5. The zero-order valence-electron chi connectivity index (χ0n) is 18.3. The first-order chi connectivity index (χ1) is 15.6. The Morgan fingerprint density at radius 3 is 1.73 bits per heavy atom. The maximum atomic E-state index is 13.7. The van der Waals surface area contributed by atoms with E-state index in [9.17, 15) is 16.8 Å².